The maximum absolute atomic E-state index is 11.8. The Hall–Kier alpha value is -2.08. The summed E-state index contributed by atoms with van der Waals surface area (Å²) >= 11 is 0. The van der Waals surface area contributed by atoms with Crippen LogP contribution in [0, 0.1) is 0 Å². The number of carbonyl (C=O) groups excluding carboxylic acids is 2. The van der Waals surface area contributed by atoms with Crippen molar-refractivity contribution >= 4 is 12.0 Å². The lowest BCUT2D eigenvalue weighted by Gasteiger charge is -2.33. The number of nitrogens with one attached hydrogen (secondary N) is 2. The number of likely N-dealkylation sites (tertiary alicyclic amines) is 1. The number of rotatable bonds is 6. The molecule has 2 amide bonds. The normalized spacial score (nSPS) is 18.0. The highest BCUT2D eigenvalue weighted by atomic mass is 16.5. The summed E-state index contributed by atoms with van der Waals surface area (Å²) in [4.78, 5) is 25.6. The summed E-state index contributed by atoms with van der Waals surface area (Å²) in [5.74, 6) is -0.362. The molecule has 1 aliphatic heterocycles. The van der Waals surface area contributed by atoms with Crippen molar-refractivity contribution in [3.05, 3.63) is 35.4 Å². The molecule has 1 aliphatic rings. The Balaban J connectivity index is 1.66. The molecule has 6 heteroatoms. The Labute approximate surface area is 143 Å². The SMILES string of the molecule is COC(=O)c1ccc(CNC(=O)NCCN2CCCC[C@H]2C)cc1. The van der Waals surface area contributed by atoms with Crippen molar-refractivity contribution in [2.24, 2.45) is 0 Å². The molecule has 0 spiro atoms. The number of nitrogens with zero attached hydrogens (tertiary/aromatic N) is 1. The molecule has 0 saturated carbocycles. The van der Waals surface area contributed by atoms with Gasteiger partial charge in [0, 0.05) is 25.7 Å². The van der Waals surface area contributed by atoms with Crippen molar-refractivity contribution in [1.82, 2.24) is 15.5 Å². The highest BCUT2D eigenvalue weighted by Gasteiger charge is 2.17. The molecule has 0 aliphatic carbocycles. The van der Waals surface area contributed by atoms with E-state index < -0.39 is 0 Å². The maximum Gasteiger partial charge on any atom is 0.337 e. The average molecular weight is 333 g/mol. The van der Waals surface area contributed by atoms with E-state index in [4.69, 9.17) is 0 Å². The van der Waals surface area contributed by atoms with Gasteiger partial charge < -0.3 is 15.4 Å². The molecule has 24 heavy (non-hydrogen) atoms. The number of carbonyl (C=O) groups is 2. The van der Waals surface area contributed by atoms with E-state index in [0.717, 1.165) is 18.7 Å². The maximum atomic E-state index is 11.8. The van der Waals surface area contributed by atoms with Gasteiger partial charge in [-0.25, -0.2) is 9.59 Å². The lowest BCUT2D eigenvalue weighted by molar-refractivity contribution is 0.0600. The Morgan fingerprint density at radius 1 is 1.21 bits per heavy atom. The molecule has 1 fully saturated rings. The third-order valence-electron chi connectivity index (χ3n) is 4.45. The molecule has 6 nitrogen and oxygen atoms in total. The van der Waals surface area contributed by atoms with Gasteiger partial charge in [0.15, 0.2) is 0 Å². The molecule has 1 aromatic rings. The predicted molar refractivity (Wildman–Crippen MR) is 92.9 cm³/mol. The Kier molecular flexibility index (Phi) is 7.06. The first-order valence-electron chi connectivity index (χ1n) is 8.53. The van der Waals surface area contributed by atoms with Gasteiger partial charge in [0.1, 0.15) is 0 Å². The van der Waals surface area contributed by atoms with E-state index in [-0.39, 0.29) is 12.0 Å². The lowest BCUT2D eigenvalue weighted by Crippen LogP contribution is -2.44. The van der Waals surface area contributed by atoms with Crippen molar-refractivity contribution in [3.8, 4) is 0 Å². The van der Waals surface area contributed by atoms with Crippen molar-refractivity contribution < 1.29 is 14.3 Å². The highest BCUT2D eigenvalue weighted by molar-refractivity contribution is 5.89. The van der Waals surface area contributed by atoms with Crippen molar-refractivity contribution in [2.75, 3.05) is 26.7 Å². The zero-order valence-corrected chi connectivity index (χ0v) is 14.5. The van der Waals surface area contributed by atoms with Crippen LogP contribution in [-0.4, -0.2) is 49.7 Å². The highest BCUT2D eigenvalue weighted by Crippen LogP contribution is 2.15. The molecule has 1 heterocycles. The van der Waals surface area contributed by atoms with E-state index in [2.05, 4.69) is 27.2 Å². The summed E-state index contributed by atoms with van der Waals surface area (Å²) in [6, 6.07) is 7.44. The third kappa shape index (κ3) is 5.53. The lowest BCUT2D eigenvalue weighted by atomic mass is 10.0. The molecular weight excluding hydrogens is 306 g/mol. The standard InChI is InChI=1S/C18H27N3O3/c1-14-5-3-4-11-21(14)12-10-19-18(23)20-13-15-6-8-16(9-7-15)17(22)24-2/h6-9,14H,3-5,10-13H2,1-2H3,(H2,19,20,23)/t14-/m1/s1. The Morgan fingerprint density at radius 2 is 1.96 bits per heavy atom. The third-order valence-corrected chi connectivity index (χ3v) is 4.45. The fourth-order valence-electron chi connectivity index (χ4n) is 2.92. The van der Waals surface area contributed by atoms with E-state index >= 15 is 0 Å². The summed E-state index contributed by atoms with van der Waals surface area (Å²) < 4.78 is 4.65. The minimum Gasteiger partial charge on any atom is -0.465 e. The van der Waals surface area contributed by atoms with Crippen LogP contribution in [0.1, 0.15) is 42.1 Å². The van der Waals surface area contributed by atoms with Gasteiger partial charge in [0.25, 0.3) is 0 Å². The van der Waals surface area contributed by atoms with Crippen LogP contribution in [0.3, 0.4) is 0 Å². The first-order chi connectivity index (χ1) is 11.6. The Morgan fingerprint density at radius 3 is 2.62 bits per heavy atom. The second kappa shape index (κ2) is 9.27. The van der Waals surface area contributed by atoms with Crippen LogP contribution in [0.4, 0.5) is 4.79 Å². The van der Waals surface area contributed by atoms with Crippen molar-refractivity contribution in [2.45, 2.75) is 38.8 Å². The van der Waals surface area contributed by atoms with E-state index in [1.807, 2.05) is 12.1 Å². The van der Waals surface area contributed by atoms with Crippen LogP contribution in [0.5, 0.6) is 0 Å². The van der Waals surface area contributed by atoms with Gasteiger partial charge in [-0.2, -0.15) is 0 Å². The molecule has 1 saturated heterocycles. The molecule has 1 atom stereocenters. The summed E-state index contributed by atoms with van der Waals surface area (Å²) in [5.41, 5.74) is 1.43. The molecule has 0 radical (unpaired) electrons. The number of amides is 2. The number of methoxy groups -OCH3 is 1. The molecular formula is C18H27N3O3. The number of hydrogen-bond acceptors (Lipinski definition) is 4. The molecule has 1 aromatic carbocycles. The van der Waals surface area contributed by atoms with E-state index in [1.54, 1.807) is 12.1 Å². The predicted octanol–water partition coefficient (Wildman–Crippen LogP) is 2.15. The molecule has 0 bridgehead atoms. The van der Waals surface area contributed by atoms with Crippen LogP contribution in [-0.2, 0) is 11.3 Å². The summed E-state index contributed by atoms with van der Waals surface area (Å²) in [6.07, 6.45) is 3.80. The first-order valence-corrected chi connectivity index (χ1v) is 8.53. The van der Waals surface area contributed by atoms with Crippen LogP contribution in [0.25, 0.3) is 0 Å². The minimum absolute atomic E-state index is 0.170. The molecule has 0 aromatic heterocycles. The largest absolute Gasteiger partial charge is 0.465 e. The molecule has 132 valence electrons. The fraction of sp³-hybridized carbons (Fsp3) is 0.556. The smallest absolute Gasteiger partial charge is 0.337 e. The van der Waals surface area contributed by atoms with Gasteiger partial charge in [0.05, 0.1) is 12.7 Å². The van der Waals surface area contributed by atoms with Gasteiger partial charge in [-0.15, -0.1) is 0 Å². The van der Waals surface area contributed by atoms with Crippen molar-refractivity contribution in [3.63, 3.8) is 0 Å². The van der Waals surface area contributed by atoms with E-state index in [0.29, 0.717) is 24.7 Å². The monoisotopic (exact) mass is 333 g/mol. The summed E-state index contributed by atoms with van der Waals surface area (Å²) in [6.45, 7) is 5.33. The van der Waals surface area contributed by atoms with E-state index in [1.165, 1.54) is 26.4 Å². The zero-order chi connectivity index (χ0) is 17.4. The molecule has 2 rings (SSSR count). The topological polar surface area (TPSA) is 70.7 Å². The molecule has 0 unspecified atom stereocenters. The van der Waals surface area contributed by atoms with Crippen LogP contribution in [0.2, 0.25) is 0 Å². The summed E-state index contributed by atoms with van der Waals surface area (Å²) in [7, 11) is 1.35. The van der Waals surface area contributed by atoms with Crippen LogP contribution in [0.15, 0.2) is 24.3 Å². The quantitative estimate of drug-likeness (QED) is 0.783. The first kappa shape index (κ1) is 18.3. The number of esters is 1. The fourth-order valence-corrected chi connectivity index (χ4v) is 2.92. The number of hydrogen-bond donors (Lipinski definition) is 2. The number of benzene rings is 1. The van der Waals surface area contributed by atoms with Gasteiger partial charge >= 0.3 is 12.0 Å². The van der Waals surface area contributed by atoms with Crippen LogP contribution < -0.4 is 10.6 Å². The van der Waals surface area contributed by atoms with Gasteiger partial charge in [-0.1, -0.05) is 18.6 Å². The second-order valence-corrected chi connectivity index (χ2v) is 6.18. The second-order valence-electron chi connectivity index (χ2n) is 6.18. The van der Waals surface area contributed by atoms with Crippen LogP contribution >= 0.6 is 0 Å². The van der Waals surface area contributed by atoms with E-state index in [9.17, 15) is 9.59 Å². The number of urea groups is 1. The Bertz CT molecular complexity index is 545. The average Bonchev–Trinajstić information content (AvgIpc) is 2.61. The number of piperidine rings is 1. The molecule has 2 N–H and O–H groups in total. The number of ether oxygens (including phenoxy) is 1. The van der Waals surface area contributed by atoms with Gasteiger partial charge in [-0.05, 0) is 44.0 Å². The minimum atomic E-state index is -0.362. The summed E-state index contributed by atoms with van der Waals surface area (Å²) in [5, 5.41) is 5.72. The van der Waals surface area contributed by atoms with Gasteiger partial charge in [0.2, 0.25) is 0 Å². The van der Waals surface area contributed by atoms with Crippen molar-refractivity contribution in [1.29, 1.82) is 0 Å². The van der Waals surface area contributed by atoms with Gasteiger partial charge in [-0.3, -0.25) is 4.90 Å². The zero-order valence-electron chi connectivity index (χ0n) is 14.5.